The van der Waals surface area contributed by atoms with E-state index in [1.807, 2.05) is 0 Å². The van der Waals surface area contributed by atoms with Crippen LogP contribution in [0.5, 0.6) is 0 Å². The van der Waals surface area contributed by atoms with E-state index in [1.54, 1.807) is 11.1 Å². The SMILES string of the molecule is NC1=CC2=C(CC1)C1C=CC=CC1C21C2C=CCCC2C2CCCCC21. The molecule has 7 unspecified atom stereocenters. The van der Waals surface area contributed by atoms with Crippen molar-refractivity contribution in [2.24, 2.45) is 46.7 Å². The molecule has 1 spiro atoms. The van der Waals surface area contributed by atoms with Gasteiger partial charge in [0.1, 0.15) is 0 Å². The molecule has 7 atom stereocenters. The maximum atomic E-state index is 6.44. The van der Waals surface area contributed by atoms with Gasteiger partial charge in [-0.1, -0.05) is 54.9 Å². The van der Waals surface area contributed by atoms with Crippen LogP contribution < -0.4 is 5.73 Å². The Morgan fingerprint density at radius 2 is 1.77 bits per heavy atom. The molecule has 1 nitrogen and oxygen atoms in total. The minimum atomic E-state index is 0.332. The van der Waals surface area contributed by atoms with Crippen LogP contribution in [-0.4, -0.2) is 0 Å². The third-order valence-corrected chi connectivity index (χ3v) is 8.92. The molecule has 1 heteroatoms. The molecule has 0 aromatic heterocycles. The van der Waals surface area contributed by atoms with Gasteiger partial charge in [-0.2, -0.15) is 0 Å². The summed E-state index contributed by atoms with van der Waals surface area (Å²) in [7, 11) is 0. The zero-order chi connectivity index (χ0) is 17.3. The summed E-state index contributed by atoms with van der Waals surface area (Å²) >= 11 is 0. The molecule has 0 aromatic carbocycles. The van der Waals surface area contributed by atoms with Crippen molar-refractivity contribution in [3.05, 3.63) is 59.4 Å². The third-order valence-electron chi connectivity index (χ3n) is 8.92. The van der Waals surface area contributed by atoms with E-state index in [9.17, 15) is 0 Å². The molecule has 0 aromatic rings. The van der Waals surface area contributed by atoms with E-state index in [0.717, 1.165) is 35.8 Å². The number of hydrogen-bond donors (Lipinski definition) is 1. The van der Waals surface area contributed by atoms with Crippen molar-refractivity contribution >= 4 is 0 Å². The van der Waals surface area contributed by atoms with Crippen molar-refractivity contribution in [3.63, 3.8) is 0 Å². The first-order chi connectivity index (χ1) is 12.8. The second kappa shape index (κ2) is 5.50. The molecule has 2 saturated carbocycles. The number of fused-ring (bicyclic) bond motifs is 9. The Hall–Kier alpha value is -1.50. The zero-order valence-electron chi connectivity index (χ0n) is 15.7. The predicted molar refractivity (Wildman–Crippen MR) is 107 cm³/mol. The average molecular weight is 346 g/mol. The topological polar surface area (TPSA) is 26.0 Å². The van der Waals surface area contributed by atoms with Gasteiger partial charge in [-0.15, -0.1) is 0 Å². The summed E-state index contributed by atoms with van der Waals surface area (Å²) in [6, 6.07) is 0. The predicted octanol–water partition coefficient (Wildman–Crippen LogP) is 5.68. The van der Waals surface area contributed by atoms with Gasteiger partial charge in [-0.05, 0) is 79.8 Å². The lowest BCUT2D eigenvalue weighted by Gasteiger charge is -2.46. The van der Waals surface area contributed by atoms with Crippen LogP contribution in [0.1, 0.15) is 51.4 Å². The first-order valence-corrected chi connectivity index (χ1v) is 11.0. The van der Waals surface area contributed by atoms with Crippen LogP contribution in [-0.2, 0) is 0 Å². The fraction of sp³-hybridized carbons (Fsp3) is 0.600. The second-order valence-electron chi connectivity index (χ2n) is 9.66. The van der Waals surface area contributed by atoms with Crippen LogP contribution in [0.15, 0.2) is 59.4 Å². The van der Waals surface area contributed by atoms with E-state index in [0.29, 0.717) is 17.3 Å². The summed E-state index contributed by atoms with van der Waals surface area (Å²) < 4.78 is 0. The maximum Gasteiger partial charge on any atom is 0.0121 e. The molecule has 2 fully saturated rings. The van der Waals surface area contributed by atoms with E-state index >= 15 is 0 Å². The van der Waals surface area contributed by atoms with E-state index in [4.69, 9.17) is 5.73 Å². The first-order valence-electron chi connectivity index (χ1n) is 11.0. The lowest BCUT2D eigenvalue weighted by molar-refractivity contribution is 0.104. The lowest BCUT2D eigenvalue weighted by Crippen LogP contribution is -2.41. The molecule has 0 amide bonds. The molecule has 0 heterocycles. The van der Waals surface area contributed by atoms with Gasteiger partial charge < -0.3 is 5.73 Å². The second-order valence-corrected chi connectivity index (χ2v) is 9.66. The highest BCUT2D eigenvalue weighted by atomic mass is 14.7. The van der Waals surface area contributed by atoms with Crippen molar-refractivity contribution in [2.45, 2.75) is 51.4 Å². The van der Waals surface area contributed by atoms with Gasteiger partial charge >= 0.3 is 0 Å². The maximum absolute atomic E-state index is 6.44. The Balaban J connectivity index is 1.61. The van der Waals surface area contributed by atoms with Gasteiger partial charge in [0.2, 0.25) is 0 Å². The van der Waals surface area contributed by atoms with Gasteiger partial charge in [0.25, 0.3) is 0 Å². The summed E-state index contributed by atoms with van der Waals surface area (Å²) in [5.74, 6) is 4.77. The molecule has 0 saturated heterocycles. The van der Waals surface area contributed by atoms with Crippen LogP contribution in [0.3, 0.4) is 0 Å². The molecular weight excluding hydrogens is 314 g/mol. The van der Waals surface area contributed by atoms with E-state index in [-0.39, 0.29) is 0 Å². The molecule has 0 bridgehead atoms. The van der Waals surface area contributed by atoms with E-state index < -0.39 is 0 Å². The molecule has 136 valence electrons. The van der Waals surface area contributed by atoms with Crippen molar-refractivity contribution < 1.29 is 0 Å². The Bertz CT molecular complexity index is 778. The summed E-state index contributed by atoms with van der Waals surface area (Å²) in [6.45, 7) is 0. The molecular formula is C25H31N. The van der Waals surface area contributed by atoms with Crippen molar-refractivity contribution in [3.8, 4) is 0 Å². The monoisotopic (exact) mass is 345 g/mol. The van der Waals surface area contributed by atoms with Crippen molar-refractivity contribution in [1.82, 2.24) is 0 Å². The average Bonchev–Trinajstić information content (AvgIpc) is 3.15. The zero-order valence-corrected chi connectivity index (χ0v) is 15.7. The van der Waals surface area contributed by atoms with Crippen molar-refractivity contribution in [1.29, 1.82) is 0 Å². The van der Waals surface area contributed by atoms with Gasteiger partial charge in [-0.3, -0.25) is 0 Å². The molecule has 26 heavy (non-hydrogen) atoms. The van der Waals surface area contributed by atoms with Gasteiger partial charge in [0.15, 0.2) is 0 Å². The summed E-state index contributed by atoms with van der Waals surface area (Å²) in [5, 5.41) is 0. The van der Waals surface area contributed by atoms with Crippen LogP contribution in [0.2, 0.25) is 0 Å². The normalized spacial score (nSPS) is 48.2. The van der Waals surface area contributed by atoms with E-state index in [2.05, 4.69) is 42.5 Å². The van der Waals surface area contributed by atoms with Gasteiger partial charge in [0.05, 0.1) is 0 Å². The molecule has 6 aliphatic rings. The van der Waals surface area contributed by atoms with Crippen molar-refractivity contribution in [2.75, 3.05) is 0 Å². The number of rotatable bonds is 0. The fourth-order valence-electron chi connectivity index (χ4n) is 8.30. The van der Waals surface area contributed by atoms with Gasteiger partial charge in [-0.25, -0.2) is 0 Å². The highest BCUT2D eigenvalue weighted by molar-refractivity contribution is 5.52. The third kappa shape index (κ3) is 1.78. The highest BCUT2D eigenvalue weighted by Gasteiger charge is 2.67. The molecule has 6 aliphatic carbocycles. The molecule has 6 rings (SSSR count). The summed E-state index contributed by atoms with van der Waals surface area (Å²) in [4.78, 5) is 0. The number of nitrogens with two attached hydrogens (primary N) is 1. The van der Waals surface area contributed by atoms with Gasteiger partial charge in [0, 0.05) is 17.0 Å². The molecule has 0 radical (unpaired) electrons. The number of allylic oxidation sites excluding steroid dienone is 10. The Morgan fingerprint density at radius 3 is 2.73 bits per heavy atom. The Morgan fingerprint density at radius 1 is 0.885 bits per heavy atom. The van der Waals surface area contributed by atoms with E-state index in [1.165, 1.54) is 44.9 Å². The number of hydrogen-bond acceptors (Lipinski definition) is 1. The Labute approximate surface area is 157 Å². The Kier molecular flexibility index (Phi) is 3.29. The highest BCUT2D eigenvalue weighted by Crippen LogP contribution is 2.73. The molecule has 0 aliphatic heterocycles. The lowest BCUT2D eigenvalue weighted by atomic mass is 9.57. The minimum Gasteiger partial charge on any atom is -0.402 e. The fourth-order valence-corrected chi connectivity index (χ4v) is 8.30. The largest absolute Gasteiger partial charge is 0.402 e. The summed E-state index contributed by atoms with van der Waals surface area (Å²) in [6.07, 6.45) is 28.1. The van der Waals surface area contributed by atoms with Crippen LogP contribution in [0.25, 0.3) is 0 Å². The summed E-state index contributed by atoms with van der Waals surface area (Å²) in [5.41, 5.74) is 11.3. The standard InChI is InChI=1S/C25H31N/c26-16-13-14-20-19-9-3-6-12-23(19)25(24(20)15-16)21-10-4-1-7-17(21)18-8-2-5-11-22(18)25/h3-4,6,9-10,12,15,17-19,21-23H,1-2,5,7-8,11,13-14,26H2. The quantitative estimate of drug-likeness (QED) is 0.562. The van der Waals surface area contributed by atoms with Crippen LogP contribution in [0.4, 0.5) is 0 Å². The smallest absolute Gasteiger partial charge is 0.0121 e. The molecule has 2 N–H and O–H groups in total. The first kappa shape index (κ1) is 15.5. The minimum absolute atomic E-state index is 0.332. The van der Waals surface area contributed by atoms with Crippen LogP contribution in [0, 0.1) is 40.9 Å². The van der Waals surface area contributed by atoms with Crippen LogP contribution >= 0.6 is 0 Å².